The lowest BCUT2D eigenvalue weighted by Crippen LogP contribution is -2.47. The zero-order valence-corrected chi connectivity index (χ0v) is 20.1. The standard InChI is InChI=1S/C24H27ClF3NO3S/c1-23(2,33(31,32)21-5-3-4-19(16-21)24(26,27)28)18-12-14-29(15-13-18)22(30)11-8-17-6-9-20(25)10-7-17/h3-7,9-10,16,18H,8,11-15H2,1-2H3. The van der Waals surface area contributed by atoms with E-state index in [9.17, 15) is 26.4 Å². The summed E-state index contributed by atoms with van der Waals surface area (Å²) in [5, 5.41) is 0.634. The number of piperidine rings is 1. The molecule has 0 atom stereocenters. The summed E-state index contributed by atoms with van der Waals surface area (Å²) in [5.41, 5.74) is 0.0245. The van der Waals surface area contributed by atoms with Gasteiger partial charge in [-0.05, 0) is 74.9 Å². The maximum Gasteiger partial charge on any atom is 0.416 e. The Morgan fingerprint density at radius 3 is 2.24 bits per heavy atom. The summed E-state index contributed by atoms with van der Waals surface area (Å²) < 4.78 is 64.5. The SMILES string of the molecule is CC(C)(C1CCN(C(=O)CCc2ccc(Cl)cc2)CC1)S(=O)(=O)c1cccc(C(F)(F)F)c1. The van der Waals surface area contributed by atoms with Crippen molar-refractivity contribution in [1.29, 1.82) is 0 Å². The van der Waals surface area contributed by atoms with E-state index in [4.69, 9.17) is 11.6 Å². The van der Waals surface area contributed by atoms with Crippen LogP contribution in [0.2, 0.25) is 5.02 Å². The van der Waals surface area contributed by atoms with E-state index in [2.05, 4.69) is 0 Å². The van der Waals surface area contributed by atoms with Crippen molar-refractivity contribution < 1.29 is 26.4 Å². The second-order valence-electron chi connectivity index (χ2n) is 8.91. The van der Waals surface area contributed by atoms with Gasteiger partial charge in [-0.3, -0.25) is 4.79 Å². The minimum Gasteiger partial charge on any atom is -0.343 e. The largest absolute Gasteiger partial charge is 0.416 e. The van der Waals surface area contributed by atoms with Gasteiger partial charge in [-0.1, -0.05) is 29.8 Å². The van der Waals surface area contributed by atoms with Gasteiger partial charge in [0.2, 0.25) is 5.91 Å². The lowest BCUT2D eigenvalue weighted by atomic mass is 9.85. The summed E-state index contributed by atoms with van der Waals surface area (Å²) in [6.45, 7) is 3.97. The number of benzene rings is 2. The number of aryl methyl sites for hydroxylation is 1. The van der Waals surface area contributed by atoms with Crippen molar-refractivity contribution >= 4 is 27.3 Å². The molecule has 0 N–H and O–H groups in total. The molecule has 33 heavy (non-hydrogen) atoms. The van der Waals surface area contributed by atoms with Crippen molar-refractivity contribution in [2.24, 2.45) is 5.92 Å². The fraction of sp³-hybridized carbons (Fsp3) is 0.458. The van der Waals surface area contributed by atoms with E-state index in [1.165, 1.54) is 6.07 Å². The Morgan fingerprint density at radius 2 is 1.67 bits per heavy atom. The highest BCUT2D eigenvalue weighted by Gasteiger charge is 2.44. The topological polar surface area (TPSA) is 54.5 Å². The van der Waals surface area contributed by atoms with Gasteiger partial charge in [-0.15, -0.1) is 0 Å². The summed E-state index contributed by atoms with van der Waals surface area (Å²) in [7, 11) is -4.02. The first-order valence-corrected chi connectivity index (χ1v) is 12.6. The highest BCUT2D eigenvalue weighted by Crippen LogP contribution is 2.39. The molecule has 0 aliphatic carbocycles. The highest BCUT2D eigenvalue weighted by atomic mass is 35.5. The van der Waals surface area contributed by atoms with Crippen molar-refractivity contribution in [3.8, 4) is 0 Å². The lowest BCUT2D eigenvalue weighted by molar-refractivity contribution is -0.137. The maximum atomic E-state index is 13.3. The summed E-state index contributed by atoms with van der Waals surface area (Å²) in [4.78, 5) is 14.0. The van der Waals surface area contributed by atoms with Crippen LogP contribution in [0.15, 0.2) is 53.4 Å². The van der Waals surface area contributed by atoms with E-state index in [1.807, 2.05) is 12.1 Å². The van der Waals surface area contributed by atoms with Crippen LogP contribution in [0.3, 0.4) is 0 Å². The first-order chi connectivity index (χ1) is 15.3. The van der Waals surface area contributed by atoms with Crippen LogP contribution < -0.4 is 0 Å². The minimum absolute atomic E-state index is 0.00180. The van der Waals surface area contributed by atoms with Gasteiger partial charge in [0.1, 0.15) is 0 Å². The summed E-state index contributed by atoms with van der Waals surface area (Å²) in [5.74, 6) is -0.278. The number of sulfone groups is 1. The molecular weight excluding hydrogens is 475 g/mol. The molecule has 0 radical (unpaired) electrons. The van der Waals surface area contributed by atoms with E-state index in [0.29, 0.717) is 49.9 Å². The molecule has 0 aromatic heterocycles. The summed E-state index contributed by atoms with van der Waals surface area (Å²) in [6.07, 6.45) is -2.74. The van der Waals surface area contributed by atoms with E-state index < -0.39 is 26.3 Å². The van der Waals surface area contributed by atoms with Gasteiger partial charge >= 0.3 is 6.18 Å². The average Bonchev–Trinajstić information content (AvgIpc) is 2.78. The number of amides is 1. The third kappa shape index (κ3) is 5.72. The van der Waals surface area contributed by atoms with Crippen LogP contribution in [0.1, 0.15) is 44.2 Å². The number of hydrogen-bond acceptors (Lipinski definition) is 3. The molecule has 0 saturated carbocycles. The molecule has 3 rings (SSSR count). The van der Waals surface area contributed by atoms with Crippen molar-refractivity contribution in [2.75, 3.05) is 13.1 Å². The Bertz CT molecular complexity index is 1090. The number of carbonyl (C=O) groups is 1. The molecule has 0 unspecified atom stereocenters. The third-order valence-electron chi connectivity index (χ3n) is 6.54. The lowest BCUT2D eigenvalue weighted by Gasteiger charge is -2.40. The number of likely N-dealkylation sites (tertiary alicyclic amines) is 1. The smallest absolute Gasteiger partial charge is 0.343 e. The number of rotatable bonds is 6. The maximum absolute atomic E-state index is 13.3. The van der Waals surface area contributed by atoms with Crippen LogP contribution in [-0.2, 0) is 27.2 Å². The Labute approximate surface area is 197 Å². The monoisotopic (exact) mass is 501 g/mol. The van der Waals surface area contributed by atoms with Crippen LogP contribution in [0, 0.1) is 5.92 Å². The molecule has 0 spiro atoms. The van der Waals surface area contributed by atoms with Gasteiger partial charge in [-0.25, -0.2) is 8.42 Å². The molecule has 1 amide bonds. The molecule has 4 nitrogen and oxygen atoms in total. The third-order valence-corrected chi connectivity index (χ3v) is 9.38. The Kier molecular flexibility index (Phi) is 7.49. The molecule has 180 valence electrons. The van der Waals surface area contributed by atoms with Crippen molar-refractivity contribution in [3.05, 3.63) is 64.7 Å². The normalized spacial score (nSPS) is 16.1. The summed E-state index contributed by atoms with van der Waals surface area (Å²) in [6, 6.07) is 11.2. The fourth-order valence-corrected chi connectivity index (χ4v) is 6.20. The zero-order chi connectivity index (χ0) is 24.4. The van der Waals surface area contributed by atoms with Gasteiger partial charge in [0.25, 0.3) is 0 Å². The van der Waals surface area contributed by atoms with E-state index in [-0.39, 0.29) is 16.7 Å². The van der Waals surface area contributed by atoms with Crippen LogP contribution in [0.25, 0.3) is 0 Å². The number of carbonyl (C=O) groups excluding carboxylic acids is 1. The minimum atomic E-state index is -4.62. The van der Waals surface area contributed by atoms with Crippen LogP contribution in [0.5, 0.6) is 0 Å². The van der Waals surface area contributed by atoms with Crippen molar-refractivity contribution in [1.82, 2.24) is 4.90 Å². The second-order valence-corrected chi connectivity index (χ2v) is 11.9. The Hall–Kier alpha value is -2.06. The Morgan fingerprint density at radius 1 is 1.06 bits per heavy atom. The molecule has 9 heteroatoms. The molecule has 0 bridgehead atoms. The number of hydrogen-bond donors (Lipinski definition) is 0. The molecular formula is C24H27ClF3NO3S. The van der Waals surface area contributed by atoms with Gasteiger partial charge in [0, 0.05) is 24.5 Å². The molecule has 1 fully saturated rings. The first kappa shape index (κ1) is 25.6. The predicted molar refractivity (Wildman–Crippen MR) is 122 cm³/mol. The molecule has 1 aliphatic rings. The van der Waals surface area contributed by atoms with Gasteiger partial charge in [0.15, 0.2) is 9.84 Å². The number of alkyl halides is 3. The van der Waals surface area contributed by atoms with Gasteiger partial charge in [0.05, 0.1) is 15.2 Å². The predicted octanol–water partition coefficient (Wildman–Crippen LogP) is 5.78. The fourth-order valence-electron chi connectivity index (χ4n) is 4.25. The Balaban J connectivity index is 1.64. The van der Waals surface area contributed by atoms with Crippen LogP contribution >= 0.6 is 11.6 Å². The van der Waals surface area contributed by atoms with Crippen LogP contribution in [-0.4, -0.2) is 37.1 Å². The molecule has 2 aromatic rings. The number of halogens is 4. The van der Waals surface area contributed by atoms with E-state index in [1.54, 1.807) is 30.9 Å². The molecule has 1 saturated heterocycles. The van der Waals surface area contributed by atoms with E-state index >= 15 is 0 Å². The zero-order valence-electron chi connectivity index (χ0n) is 18.5. The van der Waals surface area contributed by atoms with Gasteiger partial charge in [-0.2, -0.15) is 13.2 Å². The summed E-state index contributed by atoms with van der Waals surface area (Å²) >= 11 is 5.88. The molecule has 1 heterocycles. The molecule has 2 aromatic carbocycles. The van der Waals surface area contributed by atoms with Crippen LogP contribution in [0.4, 0.5) is 13.2 Å². The highest BCUT2D eigenvalue weighted by molar-refractivity contribution is 7.92. The quantitative estimate of drug-likeness (QED) is 0.504. The number of nitrogens with zero attached hydrogens (tertiary/aromatic N) is 1. The molecule has 1 aliphatic heterocycles. The first-order valence-electron chi connectivity index (χ1n) is 10.8. The van der Waals surface area contributed by atoms with E-state index in [0.717, 1.165) is 17.7 Å². The van der Waals surface area contributed by atoms with Gasteiger partial charge < -0.3 is 4.90 Å². The second kappa shape index (κ2) is 9.66. The average molecular weight is 502 g/mol. The van der Waals surface area contributed by atoms with Crippen molar-refractivity contribution in [3.63, 3.8) is 0 Å². The van der Waals surface area contributed by atoms with Crippen molar-refractivity contribution in [2.45, 2.75) is 55.3 Å².